The fourth-order valence-electron chi connectivity index (χ4n) is 3.60. The maximum absolute atomic E-state index is 2.31. The maximum atomic E-state index is 2.31. The third-order valence-corrected chi connectivity index (χ3v) is 9.45. The van der Waals surface area contributed by atoms with Gasteiger partial charge in [-0.05, 0) is 0 Å². The molecule has 27 heavy (non-hydrogen) atoms. The molecule has 0 aliphatic heterocycles. The molecule has 0 aliphatic carbocycles. The summed E-state index contributed by atoms with van der Waals surface area (Å²) in [5, 5.41) is 0. The molecule has 0 aliphatic rings. The van der Waals surface area contributed by atoms with Crippen LogP contribution >= 0.6 is 0 Å². The van der Waals surface area contributed by atoms with Gasteiger partial charge in [0.1, 0.15) is 0 Å². The summed E-state index contributed by atoms with van der Waals surface area (Å²) in [6, 6.07) is 0. The van der Waals surface area contributed by atoms with Gasteiger partial charge in [0.15, 0.2) is 0 Å². The Morgan fingerprint density at radius 3 is 0.815 bits per heavy atom. The standard InChI is InChI=1S/2C12H25.2HI.Sn/c2*1-3-5-7-9-11-12-10-8-6-4-2;;;/h2*1,3-12H2,2H3;2*1H;/q;;;;+2/p-2. The zero-order chi connectivity index (χ0) is 18.3. The van der Waals surface area contributed by atoms with E-state index in [0.717, 1.165) is 0 Å². The van der Waals surface area contributed by atoms with Crippen LogP contribution in [-0.2, 0) is 0 Å². The SMILES string of the molecule is CCCCCCCCCCC[CH2][Sn+2][CH2]CCCCCCCCCCC.[I-].[I-]. The molecule has 0 aromatic carbocycles. The van der Waals surface area contributed by atoms with E-state index in [2.05, 4.69) is 13.8 Å². The van der Waals surface area contributed by atoms with Gasteiger partial charge in [0.05, 0.1) is 0 Å². The van der Waals surface area contributed by atoms with E-state index in [9.17, 15) is 0 Å². The van der Waals surface area contributed by atoms with Gasteiger partial charge in [-0.1, -0.05) is 0 Å². The first kappa shape index (κ1) is 33.9. The second kappa shape index (κ2) is 32.9. The fraction of sp³-hybridized carbons (Fsp3) is 1.00. The molecule has 164 valence electrons. The predicted molar refractivity (Wildman–Crippen MR) is 119 cm³/mol. The Labute approximate surface area is 218 Å². The molecular weight excluding hydrogens is 661 g/mol. The third kappa shape index (κ3) is 33.1. The zero-order valence-electron chi connectivity index (χ0n) is 18.8. The summed E-state index contributed by atoms with van der Waals surface area (Å²) in [6.45, 7) is 4.61. The molecule has 0 bridgehead atoms. The van der Waals surface area contributed by atoms with Crippen molar-refractivity contribution in [2.24, 2.45) is 0 Å². The topological polar surface area (TPSA) is 0 Å². The van der Waals surface area contributed by atoms with Crippen LogP contribution in [0.1, 0.15) is 142 Å². The van der Waals surface area contributed by atoms with Crippen LogP contribution in [0.3, 0.4) is 0 Å². The van der Waals surface area contributed by atoms with E-state index in [1.54, 1.807) is 21.7 Å². The first-order valence-corrected chi connectivity index (χ1v) is 16.2. The molecular formula is C24H50I2Sn. The van der Waals surface area contributed by atoms with E-state index < -0.39 is 0 Å². The van der Waals surface area contributed by atoms with Crippen LogP contribution in [0.2, 0.25) is 8.87 Å². The monoisotopic (exact) mass is 712 g/mol. The van der Waals surface area contributed by atoms with Gasteiger partial charge in [0.2, 0.25) is 0 Å². The molecule has 0 spiro atoms. The van der Waals surface area contributed by atoms with Gasteiger partial charge < -0.3 is 48.0 Å². The van der Waals surface area contributed by atoms with Crippen LogP contribution in [0.5, 0.6) is 0 Å². The van der Waals surface area contributed by atoms with Crippen LogP contribution in [-0.4, -0.2) is 21.1 Å². The molecule has 3 heteroatoms. The Morgan fingerprint density at radius 2 is 0.556 bits per heavy atom. The first-order chi connectivity index (χ1) is 12.4. The third-order valence-electron chi connectivity index (χ3n) is 5.41. The number of hydrogen-bond acceptors (Lipinski definition) is 0. The van der Waals surface area contributed by atoms with Gasteiger partial charge in [-0.25, -0.2) is 0 Å². The number of hydrogen-bond donors (Lipinski definition) is 0. The van der Waals surface area contributed by atoms with Crippen LogP contribution in [0.15, 0.2) is 0 Å². The summed E-state index contributed by atoms with van der Waals surface area (Å²) in [5.41, 5.74) is 0. The summed E-state index contributed by atoms with van der Waals surface area (Å²) in [4.78, 5) is 0. The fourth-order valence-corrected chi connectivity index (χ4v) is 7.17. The minimum Gasteiger partial charge on any atom is -1.00 e. The molecule has 0 aromatic heterocycles. The van der Waals surface area contributed by atoms with Gasteiger partial charge in [-0.2, -0.15) is 0 Å². The second-order valence-corrected chi connectivity index (χ2v) is 12.4. The molecule has 0 nitrogen and oxygen atoms in total. The predicted octanol–water partition coefficient (Wildman–Crippen LogP) is 3.38. The van der Waals surface area contributed by atoms with Crippen LogP contribution in [0.4, 0.5) is 0 Å². The van der Waals surface area contributed by atoms with Gasteiger partial charge in [0, 0.05) is 0 Å². The van der Waals surface area contributed by atoms with Crippen molar-refractivity contribution in [1.29, 1.82) is 0 Å². The summed E-state index contributed by atoms with van der Waals surface area (Å²) in [7, 11) is 0. The van der Waals surface area contributed by atoms with Crippen LogP contribution in [0.25, 0.3) is 0 Å². The van der Waals surface area contributed by atoms with Crippen molar-refractivity contribution < 1.29 is 48.0 Å². The summed E-state index contributed by atoms with van der Waals surface area (Å²) >= 11 is 0.0377. The average Bonchev–Trinajstić information content (AvgIpc) is 2.63. The molecule has 0 amide bonds. The van der Waals surface area contributed by atoms with Crippen molar-refractivity contribution >= 4 is 21.1 Å². The van der Waals surface area contributed by atoms with Crippen LogP contribution in [0, 0.1) is 0 Å². The van der Waals surface area contributed by atoms with Gasteiger partial charge in [-0.15, -0.1) is 0 Å². The average molecular weight is 711 g/mol. The minimum atomic E-state index is 0. The van der Waals surface area contributed by atoms with Crippen molar-refractivity contribution in [2.75, 3.05) is 0 Å². The normalized spacial score (nSPS) is 10.1. The van der Waals surface area contributed by atoms with E-state index in [1.165, 1.54) is 116 Å². The van der Waals surface area contributed by atoms with Crippen molar-refractivity contribution in [1.82, 2.24) is 0 Å². The second-order valence-electron chi connectivity index (χ2n) is 8.11. The summed E-state index contributed by atoms with van der Waals surface area (Å²) in [6.07, 6.45) is 29.8. The van der Waals surface area contributed by atoms with E-state index >= 15 is 0 Å². The van der Waals surface area contributed by atoms with Crippen molar-refractivity contribution in [2.45, 2.75) is 151 Å². The van der Waals surface area contributed by atoms with E-state index in [4.69, 9.17) is 0 Å². The molecule has 0 radical (unpaired) electrons. The molecule has 0 saturated heterocycles. The molecule has 0 unspecified atom stereocenters. The molecule has 0 rings (SSSR count). The van der Waals surface area contributed by atoms with Gasteiger partial charge >= 0.3 is 172 Å². The summed E-state index contributed by atoms with van der Waals surface area (Å²) < 4.78 is 3.33. The number of halogens is 2. The Morgan fingerprint density at radius 1 is 0.333 bits per heavy atom. The molecule has 0 aromatic rings. The Bertz CT molecular complexity index is 202. The van der Waals surface area contributed by atoms with E-state index in [-0.39, 0.29) is 69.1 Å². The zero-order valence-corrected chi connectivity index (χ0v) is 26.0. The van der Waals surface area contributed by atoms with Gasteiger partial charge in [-0.3, -0.25) is 0 Å². The molecule has 0 saturated carbocycles. The molecule has 0 heterocycles. The van der Waals surface area contributed by atoms with Gasteiger partial charge in [0.25, 0.3) is 0 Å². The Hall–Kier alpha value is 2.26. The number of rotatable bonds is 22. The molecule has 0 N–H and O–H groups in total. The van der Waals surface area contributed by atoms with Crippen molar-refractivity contribution in [3.63, 3.8) is 0 Å². The minimum absolute atomic E-state index is 0. The number of unbranched alkanes of at least 4 members (excludes halogenated alkanes) is 18. The smallest absolute Gasteiger partial charge is 1.00 e. The Kier molecular flexibility index (Phi) is 41.3. The first-order valence-electron chi connectivity index (χ1n) is 12.1. The quantitative estimate of drug-likeness (QED) is 0.0920. The Balaban J connectivity index is -0.00000288. The van der Waals surface area contributed by atoms with E-state index in [1.807, 2.05) is 0 Å². The van der Waals surface area contributed by atoms with Crippen LogP contribution < -0.4 is 48.0 Å². The van der Waals surface area contributed by atoms with Crippen molar-refractivity contribution in [3.8, 4) is 0 Å². The van der Waals surface area contributed by atoms with Crippen molar-refractivity contribution in [3.05, 3.63) is 0 Å². The summed E-state index contributed by atoms with van der Waals surface area (Å²) in [5.74, 6) is 0. The van der Waals surface area contributed by atoms with E-state index in [0.29, 0.717) is 0 Å². The molecule has 0 atom stereocenters. The molecule has 0 fully saturated rings.